The second kappa shape index (κ2) is 3.85. The number of likely N-dealkylation sites (tertiary alicyclic amines) is 1. The van der Waals surface area contributed by atoms with Crippen LogP contribution in [0.25, 0.3) is 0 Å². The van der Waals surface area contributed by atoms with Crippen LogP contribution in [0.1, 0.15) is 25.3 Å². The minimum atomic E-state index is -0.279. The van der Waals surface area contributed by atoms with E-state index < -0.39 is 0 Å². The fraction of sp³-hybridized carbons (Fsp3) is 0.500. The van der Waals surface area contributed by atoms with Crippen LogP contribution in [-0.2, 0) is 11.3 Å². The van der Waals surface area contributed by atoms with Gasteiger partial charge in [0.05, 0.1) is 5.41 Å². The van der Waals surface area contributed by atoms with Gasteiger partial charge in [-0.25, -0.2) is 0 Å². The lowest BCUT2D eigenvalue weighted by atomic mass is 9.84. The molecule has 1 saturated carbocycles. The van der Waals surface area contributed by atoms with Crippen LogP contribution in [0.5, 0.6) is 0 Å². The Hall–Kier alpha value is -1.29. The van der Waals surface area contributed by atoms with Crippen LogP contribution >= 0.6 is 0 Å². The molecule has 1 aliphatic carbocycles. The average Bonchev–Trinajstić information content (AvgIpc) is 3.16. The van der Waals surface area contributed by atoms with Gasteiger partial charge >= 0.3 is 0 Å². The van der Waals surface area contributed by atoms with Gasteiger partial charge in [0.1, 0.15) is 0 Å². The largest absolute Gasteiger partial charge is 0.359 e. The van der Waals surface area contributed by atoms with Crippen LogP contribution in [-0.4, -0.2) is 30.9 Å². The van der Waals surface area contributed by atoms with Crippen molar-refractivity contribution in [2.45, 2.75) is 31.8 Å². The summed E-state index contributed by atoms with van der Waals surface area (Å²) in [6.45, 7) is 3.43. The summed E-state index contributed by atoms with van der Waals surface area (Å²) in [6.07, 6.45) is 1.91. The maximum Gasteiger partial charge on any atom is 0.231 e. The van der Waals surface area contributed by atoms with Crippen molar-refractivity contribution in [3.8, 4) is 0 Å². The van der Waals surface area contributed by atoms with E-state index in [9.17, 15) is 4.79 Å². The number of benzene rings is 1. The van der Waals surface area contributed by atoms with E-state index in [0.717, 1.165) is 12.8 Å². The number of amides is 1. The monoisotopic (exact) mass is 240 g/mol. The third-order valence-corrected chi connectivity index (χ3v) is 4.54. The summed E-state index contributed by atoms with van der Waals surface area (Å²) in [6, 6.07) is 10.1. The van der Waals surface area contributed by atoms with Gasteiger partial charge in [-0.2, -0.15) is 0 Å². The Kier molecular flexibility index (Phi) is 2.52. The molecule has 1 heterocycles. The third kappa shape index (κ3) is 1.52. The second-order valence-corrected chi connectivity index (χ2v) is 5.71. The Morgan fingerprint density at radius 2 is 2.00 bits per heavy atom. The summed E-state index contributed by atoms with van der Waals surface area (Å²) >= 11 is 0. The predicted molar refractivity (Wildman–Crippen MR) is 70.8 cm³/mol. The van der Waals surface area contributed by atoms with Gasteiger partial charge in [-0.15, -0.1) is 0 Å². The van der Waals surface area contributed by atoms with Crippen LogP contribution in [0.3, 0.4) is 0 Å². The topological polar surface area (TPSA) is 32.3 Å². The van der Waals surface area contributed by atoms with E-state index in [-0.39, 0.29) is 16.9 Å². The normalized spacial score (nSPS) is 28.9. The maximum absolute atomic E-state index is 12.5. The summed E-state index contributed by atoms with van der Waals surface area (Å²) in [4.78, 5) is 14.4. The molecule has 1 saturated heterocycles. The van der Waals surface area contributed by atoms with E-state index in [1.165, 1.54) is 5.56 Å². The zero-order chi connectivity index (χ0) is 12.8. The average molecular weight is 240 g/mol. The Bertz CT molecular complexity index is 472. The number of hydrogen-bond acceptors (Lipinski definition) is 2. The fourth-order valence-corrected chi connectivity index (χ4v) is 3.15. The van der Waals surface area contributed by atoms with Crippen LogP contribution in [0.4, 0.5) is 0 Å². The molecule has 18 heavy (non-hydrogen) atoms. The molecule has 4 heteroatoms. The van der Waals surface area contributed by atoms with Gasteiger partial charge in [-0.05, 0) is 25.3 Å². The first kappa shape index (κ1) is 11.8. The fourth-order valence-electron chi connectivity index (χ4n) is 3.15. The molecule has 1 atom stereocenters. The lowest BCUT2D eigenvalue weighted by molar-refractivity contribution is -0.133. The summed E-state index contributed by atoms with van der Waals surface area (Å²) in [7, 11) is 5.67. The Morgan fingerprint density at radius 3 is 2.50 bits per heavy atom. The van der Waals surface area contributed by atoms with E-state index in [0.29, 0.717) is 13.1 Å². The van der Waals surface area contributed by atoms with Crippen molar-refractivity contribution in [1.29, 1.82) is 0 Å². The Labute approximate surface area is 109 Å². The zero-order valence-corrected chi connectivity index (χ0v) is 10.6. The van der Waals surface area contributed by atoms with Gasteiger partial charge in [0.15, 0.2) is 7.98 Å². The van der Waals surface area contributed by atoms with Gasteiger partial charge in [0.2, 0.25) is 5.91 Å². The molecule has 1 aromatic rings. The molecule has 92 valence electrons. The highest BCUT2D eigenvalue weighted by molar-refractivity contribution is 6.06. The first-order chi connectivity index (χ1) is 8.61. The minimum absolute atomic E-state index is 0.240. The molecule has 1 aliphatic heterocycles. The number of nitrogens with one attached hydrogen (secondary N) is 1. The van der Waals surface area contributed by atoms with Crippen LogP contribution in [0, 0.1) is 5.41 Å². The van der Waals surface area contributed by atoms with Crippen molar-refractivity contribution in [1.82, 2.24) is 10.1 Å². The number of nitrogens with zero attached hydrogens (tertiary/aromatic N) is 1. The smallest absolute Gasteiger partial charge is 0.231 e. The van der Waals surface area contributed by atoms with Gasteiger partial charge < -0.3 is 10.1 Å². The van der Waals surface area contributed by atoms with E-state index >= 15 is 0 Å². The van der Waals surface area contributed by atoms with Gasteiger partial charge in [0.25, 0.3) is 0 Å². The van der Waals surface area contributed by atoms with Crippen molar-refractivity contribution in [3.63, 3.8) is 0 Å². The molecule has 2 aliphatic rings. The summed E-state index contributed by atoms with van der Waals surface area (Å²) < 4.78 is 0. The molecule has 1 unspecified atom stereocenters. The summed E-state index contributed by atoms with van der Waals surface area (Å²) in [5.41, 5.74) is 0.651. The van der Waals surface area contributed by atoms with Crippen molar-refractivity contribution >= 4 is 13.9 Å². The van der Waals surface area contributed by atoms with Crippen molar-refractivity contribution in [3.05, 3.63) is 35.9 Å². The molecule has 1 amide bonds. The van der Waals surface area contributed by atoms with E-state index in [1.807, 2.05) is 23.1 Å². The second-order valence-electron chi connectivity index (χ2n) is 5.71. The first-order valence-corrected chi connectivity index (χ1v) is 6.42. The zero-order valence-electron chi connectivity index (χ0n) is 10.6. The molecule has 0 aromatic heterocycles. The molecule has 3 nitrogen and oxygen atoms in total. The van der Waals surface area contributed by atoms with Gasteiger partial charge in [0, 0.05) is 18.6 Å². The van der Waals surface area contributed by atoms with Gasteiger partial charge in [-0.1, -0.05) is 30.3 Å². The number of rotatable bonds is 3. The molecule has 2 fully saturated rings. The van der Waals surface area contributed by atoms with E-state index in [1.54, 1.807) is 0 Å². The highest BCUT2D eigenvalue weighted by Crippen LogP contribution is 2.59. The van der Waals surface area contributed by atoms with Crippen LogP contribution < -0.4 is 5.23 Å². The summed E-state index contributed by atoms with van der Waals surface area (Å²) in [5.74, 6) is 0.256. The quantitative estimate of drug-likeness (QED) is 0.806. The Balaban J connectivity index is 1.82. The Morgan fingerprint density at radius 1 is 1.33 bits per heavy atom. The van der Waals surface area contributed by atoms with E-state index in [2.05, 4.69) is 24.3 Å². The highest BCUT2D eigenvalue weighted by Gasteiger charge is 2.67. The molecule has 0 bridgehead atoms. The van der Waals surface area contributed by atoms with Gasteiger partial charge in [-0.3, -0.25) is 4.79 Å². The van der Waals surface area contributed by atoms with Crippen LogP contribution in [0.2, 0.25) is 0 Å². The first-order valence-electron chi connectivity index (χ1n) is 6.42. The predicted octanol–water partition coefficient (Wildman–Crippen LogP) is 1.24. The molecule has 3 rings (SSSR count). The van der Waals surface area contributed by atoms with E-state index in [4.69, 9.17) is 7.98 Å². The molecule has 1 spiro atoms. The number of carbonyl (C=O) groups excluding carboxylic acids is 1. The van der Waals surface area contributed by atoms with Crippen molar-refractivity contribution in [2.24, 2.45) is 5.41 Å². The SMILES string of the molecule is [B]NC1(C)CN(Cc2ccccc2)C(=O)C12CC2. The van der Waals surface area contributed by atoms with Crippen LogP contribution in [0.15, 0.2) is 30.3 Å². The number of carbonyl (C=O) groups is 1. The highest BCUT2D eigenvalue weighted by atomic mass is 16.2. The molecule has 1 aromatic carbocycles. The molecule has 1 N–H and O–H groups in total. The third-order valence-electron chi connectivity index (χ3n) is 4.54. The molecular formula is C14H17BN2O. The lowest BCUT2D eigenvalue weighted by Gasteiger charge is -2.29. The molecule has 2 radical (unpaired) electrons. The van der Waals surface area contributed by atoms with Crippen molar-refractivity contribution < 1.29 is 4.79 Å². The maximum atomic E-state index is 12.5. The minimum Gasteiger partial charge on any atom is -0.359 e. The standard InChI is InChI=1S/C14H17BN2O/c1-13(16-15)10-17(12(18)14(13)7-8-14)9-11-5-3-2-4-6-11/h2-6,16H,7-10H2,1H3. The van der Waals surface area contributed by atoms with Crippen molar-refractivity contribution in [2.75, 3.05) is 6.54 Å². The molecular weight excluding hydrogens is 223 g/mol. The summed E-state index contributed by atoms with van der Waals surface area (Å²) in [5, 5.41) is 2.88. The number of hydrogen-bond donors (Lipinski definition) is 1. The lowest BCUT2D eigenvalue weighted by Crippen LogP contribution is -2.49.